The smallest absolute Gasteiger partial charge is 0.264 e. The number of aromatic nitrogens is 14. The Morgan fingerprint density at radius 2 is 0.570 bits per heavy atom. The van der Waals surface area contributed by atoms with E-state index in [-0.39, 0.29) is 0 Å². The first-order valence-electron chi connectivity index (χ1n) is 35.0. The molecule has 0 N–H and O–H groups in total. The van der Waals surface area contributed by atoms with Gasteiger partial charge in [0.25, 0.3) is 11.4 Å². The van der Waals surface area contributed by atoms with Gasteiger partial charge in [-0.25, -0.2) is 27.4 Å². The van der Waals surface area contributed by atoms with E-state index < -0.39 is 17.7 Å². The number of nitrogens with zero attached hydrogens (tertiary/aromatic N) is 14. The second-order valence-electron chi connectivity index (χ2n) is 29.8. The predicted octanol–water partition coefficient (Wildman–Crippen LogP) is 12.8. The van der Waals surface area contributed by atoms with Crippen molar-refractivity contribution in [1.29, 1.82) is 0 Å². The first-order chi connectivity index (χ1) is 49.6. The fraction of sp³-hybridized carbons (Fsp3) is 0.0698. The quantitative estimate of drug-likeness (QED) is 0.142. The first kappa shape index (κ1) is 47.7. The summed E-state index contributed by atoms with van der Waals surface area (Å²) in [6, 6.07) is 76.2. The van der Waals surface area contributed by atoms with Gasteiger partial charge in [-0.15, -0.1) is 0 Å². The maximum atomic E-state index is 4.86. The second kappa shape index (κ2) is 14.6. The minimum Gasteiger partial charge on any atom is -0.264 e. The normalized spacial score (nSPS) is 19.2. The van der Waals surface area contributed by atoms with Gasteiger partial charge < -0.3 is 0 Å². The van der Waals surface area contributed by atoms with E-state index in [0.29, 0.717) is 0 Å². The van der Waals surface area contributed by atoms with Crippen LogP contribution in [0, 0.1) is 0 Å². The van der Waals surface area contributed by atoms with Gasteiger partial charge in [-0.3, -0.25) is 9.97 Å². The van der Waals surface area contributed by atoms with Crippen molar-refractivity contribution < 1.29 is 27.4 Å². The molecule has 14 aromatic heterocycles. The number of para-hydroxylation sites is 6. The molecule has 14 heteroatoms. The monoisotopic (exact) mass is 1270 g/mol. The zero-order valence-corrected chi connectivity index (χ0v) is 53.0. The van der Waals surface area contributed by atoms with Crippen molar-refractivity contribution in [3.8, 4) is 78.9 Å². The van der Waals surface area contributed by atoms with Gasteiger partial charge in [0.1, 0.15) is 0 Å². The van der Waals surface area contributed by atoms with E-state index >= 15 is 0 Å². The molecule has 0 aliphatic carbocycles. The highest BCUT2D eigenvalue weighted by molar-refractivity contribution is 6.13. The third kappa shape index (κ3) is 4.38. The fourth-order valence-electron chi connectivity index (χ4n) is 22.9. The summed E-state index contributed by atoms with van der Waals surface area (Å²) < 4.78 is 32.5. The van der Waals surface area contributed by atoms with Crippen LogP contribution in [0.2, 0.25) is 0 Å². The van der Waals surface area contributed by atoms with E-state index in [2.05, 4.69) is 285 Å². The van der Waals surface area contributed by atoms with Crippen LogP contribution in [0.25, 0.3) is 187 Å². The molecular weight excluding hydrogens is 1230 g/mol. The van der Waals surface area contributed by atoms with Gasteiger partial charge >= 0.3 is 17.7 Å². The summed E-state index contributed by atoms with van der Waals surface area (Å²) in [4.78, 5) is 9.53. The van der Waals surface area contributed by atoms with E-state index in [4.69, 9.17) is 4.98 Å². The number of pyridine rings is 8. The van der Waals surface area contributed by atoms with Crippen molar-refractivity contribution in [1.82, 2.24) is 37.4 Å². The van der Waals surface area contributed by atoms with Crippen molar-refractivity contribution in [2.75, 3.05) is 0 Å². The molecule has 3 unspecified atom stereocenters. The number of hydrogen-bond acceptors (Lipinski definition) is 2. The van der Waals surface area contributed by atoms with Gasteiger partial charge in [0.2, 0.25) is 34.2 Å². The fourth-order valence-corrected chi connectivity index (χ4v) is 22.9. The lowest BCUT2D eigenvalue weighted by Gasteiger charge is -2.39. The van der Waals surface area contributed by atoms with Gasteiger partial charge in [-0.2, -0.15) is 0 Å². The number of fused-ring (bicyclic) bond motifs is 21. The molecule has 14 nitrogen and oxygen atoms in total. The number of rotatable bonds is 0. The van der Waals surface area contributed by atoms with Crippen LogP contribution in [0.1, 0.15) is 34.2 Å². The van der Waals surface area contributed by atoms with Crippen molar-refractivity contribution >= 4 is 109 Å². The molecule has 10 aliphatic heterocycles. The molecule has 10 aliphatic rings. The zero-order valence-electron chi connectivity index (χ0n) is 53.0. The molecule has 20 aromatic rings. The van der Waals surface area contributed by atoms with Crippen LogP contribution in [0.5, 0.6) is 0 Å². The van der Waals surface area contributed by atoms with E-state index in [0.717, 1.165) is 30.0 Å². The highest BCUT2D eigenvalue weighted by Gasteiger charge is 2.75. The molecule has 0 fully saturated rings. The first-order valence-corrected chi connectivity index (χ1v) is 35.0. The Labute approximate surface area is 563 Å². The molecule has 3 spiro atoms. The largest absolute Gasteiger partial charge is 0.553 e. The van der Waals surface area contributed by atoms with Gasteiger partial charge in [-0.05, 0) is 84.9 Å². The topological polar surface area (TPSA) is 78.6 Å². The van der Waals surface area contributed by atoms with Crippen molar-refractivity contribution in [2.24, 2.45) is 0 Å². The molecule has 0 radical (unpaired) electrons. The number of hydrogen-bond donors (Lipinski definition) is 0. The van der Waals surface area contributed by atoms with Gasteiger partial charge in [0.05, 0.1) is 98.8 Å². The number of benzene rings is 6. The minimum absolute atomic E-state index is 0.787. The molecule has 30 rings (SSSR count). The van der Waals surface area contributed by atoms with Gasteiger partial charge in [0.15, 0.2) is 24.8 Å². The van der Waals surface area contributed by atoms with Crippen LogP contribution >= 0.6 is 0 Å². The summed E-state index contributed by atoms with van der Waals surface area (Å²) >= 11 is 0. The average molecular weight is 1280 g/mol. The van der Waals surface area contributed by atoms with Crippen molar-refractivity contribution in [3.05, 3.63) is 278 Å². The Bertz CT molecular complexity index is 7790. The highest BCUT2D eigenvalue weighted by atomic mass is 15.6. The van der Waals surface area contributed by atoms with E-state index in [9.17, 15) is 0 Å². The molecule has 454 valence electrons. The lowest BCUT2D eigenvalue weighted by Crippen LogP contribution is -2.84. The third-order valence-electron chi connectivity index (χ3n) is 25.8. The Morgan fingerprint density at radius 3 is 0.980 bits per heavy atom. The second-order valence-corrected chi connectivity index (χ2v) is 29.8. The maximum Gasteiger partial charge on any atom is 0.553 e. The summed E-state index contributed by atoms with van der Waals surface area (Å²) in [5.41, 5.74) is 32.3. The molecule has 3 atom stereocenters. The summed E-state index contributed by atoms with van der Waals surface area (Å²) in [6.07, 6.45) is 20.2. The van der Waals surface area contributed by atoms with Crippen LogP contribution in [0.15, 0.2) is 244 Å². The lowest BCUT2D eigenvalue weighted by molar-refractivity contribution is -1.00. The molecule has 100 heavy (non-hydrogen) atoms. The van der Waals surface area contributed by atoms with E-state index in [1.54, 1.807) is 0 Å². The summed E-state index contributed by atoms with van der Waals surface area (Å²) in [5.74, 6) is -2.77. The maximum absolute atomic E-state index is 4.86. The third-order valence-corrected chi connectivity index (χ3v) is 25.8. The van der Waals surface area contributed by atoms with Gasteiger partial charge in [0, 0.05) is 158 Å². The highest BCUT2D eigenvalue weighted by Crippen LogP contribution is 2.57. The summed E-state index contributed by atoms with van der Waals surface area (Å²) in [5, 5.41) is 17.0. The van der Waals surface area contributed by atoms with E-state index in [1.807, 2.05) is 18.6 Å². The molecule has 6 aromatic carbocycles. The van der Waals surface area contributed by atoms with Crippen LogP contribution in [-0.2, 0) is 37.0 Å². The predicted molar refractivity (Wildman–Crippen MR) is 378 cm³/mol. The molecule has 0 bridgehead atoms. The Morgan fingerprint density at radius 1 is 0.260 bits per heavy atom. The lowest BCUT2D eigenvalue weighted by atomic mass is 9.92. The Balaban J connectivity index is 0.767. The molecule has 0 saturated carbocycles. The summed E-state index contributed by atoms with van der Waals surface area (Å²) in [6.45, 7) is 0. The molecular formula is C86H46N14+6. The molecule has 0 saturated heterocycles. The van der Waals surface area contributed by atoms with Crippen molar-refractivity contribution in [3.63, 3.8) is 0 Å². The standard InChI is InChI=1S/C86H46N14/c1-7-44-31-52-38-53-32-45-8-2-14-64-73(45)94(53)84(89-27-21-50-42-87-25-19-58(50)78(89)63(13-1)72(44)93(52)84)90-28-22-61-60(79(64)90)23-29-91-80(61)65-15-3-9-46-33-54-39-55-34-47-10-4-16-66-75(47)96(55)85(91,95(54)74(46)65)92-30-24-62-69(81(66)92)41-71-70-37-51-43-88-26-20-59(51)82-67-17-5-11-48-35-56-40-57-36-49-12-6-18-68-77(49)98(57)86(99(70)82,97(56)76(48)67)100(71)83(62)68/h1-37,41-43H,38-40H2/q+6. The molecule has 0 amide bonds. The van der Waals surface area contributed by atoms with Crippen molar-refractivity contribution in [2.45, 2.75) is 37.0 Å². The molecule has 24 heterocycles. The van der Waals surface area contributed by atoms with Crippen LogP contribution in [-0.4, -0.2) is 37.4 Å². The zero-order chi connectivity index (χ0) is 63.3. The Hall–Kier alpha value is -13.2. The summed E-state index contributed by atoms with van der Waals surface area (Å²) in [7, 11) is 0. The SMILES string of the molecule is c1cc2c3c(c1)cc1n3C3(n4c(cc5cccc(c54)-c4c5cc[n+]6c(c5cc[n+]43)-c3cccc4cc5n(c34)C63n4c(cc6cccc(c64)-c4c6cc7[n+]8c(c6cc[n+]43)-c3cccc4cc6n(c34)C83n4c(cc8cccc(c84)-c4c8ccncc8cc-7[n+]43)C6)C5)C1)[n+]1ccc3cnccc3c1-2. The van der Waals surface area contributed by atoms with Gasteiger partial charge in [-0.1, -0.05) is 100 Å². The minimum atomic E-state index is -1.02. The Kier molecular flexibility index (Phi) is 6.94. The van der Waals surface area contributed by atoms with E-state index in [1.165, 1.54) is 211 Å². The van der Waals surface area contributed by atoms with Crippen LogP contribution in [0.4, 0.5) is 0 Å². The van der Waals surface area contributed by atoms with Crippen LogP contribution in [0.3, 0.4) is 0 Å². The van der Waals surface area contributed by atoms with Crippen LogP contribution < -0.4 is 27.4 Å². The average Bonchev–Trinajstić information content (AvgIpc) is 1.40.